The van der Waals surface area contributed by atoms with Gasteiger partial charge in [0.2, 0.25) is 0 Å². The van der Waals surface area contributed by atoms with E-state index >= 15 is 0 Å². The summed E-state index contributed by atoms with van der Waals surface area (Å²) < 4.78 is 63.2. The van der Waals surface area contributed by atoms with E-state index < -0.39 is 20.8 Å². The molecule has 0 aliphatic rings. The second-order valence-corrected chi connectivity index (χ2v) is 2.69. The van der Waals surface area contributed by atoms with Gasteiger partial charge >= 0.3 is 50.4 Å². The summed E-state index contributed by atoms with van der Waals surface area (Å²) in [5.74, 6) is 0. The minimum absolute atomic E-state index is 0. The third-order valence-electron chi connectivity index (χ3n) is 0. The van der Waals surface area contributed by atoms with Gasteiger partial charge in [0.05, 0.1) is 0 Å². The molecule has 0 aliphatic carbocycles. The summed E-state index contributed by atoms with van der Waals surface area (Å²) in [6, 6.07) is 0. The average Bonchev–Trinajstić information content (AvgIpc) is 1.12. The predicted octanol–water partition coefficient (Wildman–Crippen LogP) is -1.32. The summed E-state index contributed by atoms with van der Waals surface area (Å²) in [4.78, 5) is 0. The molecule has 0 aromatic heterocycles. The third-order valence-corrected chi connectivity index (χ3v) is 0. The van der Waals surface area contributed by atoms with Crippen LogP contribution in [0.2, 0.25) is 0 Å². The molecular weight excluding hydrogens is 227 g/mol. The van der Waals surface area contributed by atoms with Crippen molar-refractivity contribution in [2.24, 2.45) is 0 Å². The molecule has 0 amide bonds. The van der Waals surface area contributed by atoms with Gasteiger partial charge in [-0.2, -0.15) is 16.8 Å². The number of hydrogen-bond donors (Lipinski definition) is 4. The Morgan fingerprint density at radius 2 is 0.667 bits per heavy atom. The Morgan fingerprint density at radius 1 is 0.667 bits per heavy atom. The molecule has 8 nitrogen and oxygen atoms in total. The molecule has 0 fully saturated rings. The molecule has 11 heteroatoms. The quantitative estimate of drug-likeness (QED) is 0.299. The van der Waals surface area contributed by atoms with E-state index in [4.69, 9.17) is 35.0 Å². The summed E-state index contributed by atoms with van der Waals surface area (Å²) >= 11 is 0. The molecule has 0 rings (SSSR count). The van der Waals surface area contributed by atoms with Gasteiger partial charge < -0.3 is 0 Å². The molecule has 4 N–H and O–H groups in total. The van der Waals surface area contributed by atoms with Crippen LogP contribution in [0.4, 0.5) is 0 Å². The number of rotatable bonds is 0. The van der Waals surface area contributed by atoms with Crippen molar-refractivity contribution in [3.63, 3.8) is 0 Å². The molecule has 0 saturated heterocycles. The first-order valence-corrected chi connectivity index (χ1v) is 4.19. The van der Waals surface area contributed by atoms with Crippen LogP contribution in [0.25, 0.3) is 0 Å². The number of hydrogen-bond acceptors (Lipinski definition) is 4. The van der Waals surface area contributed by atoms with Crippen molar-refractivity contribution < 1.29 is 35.0 Å². The molecule has 74 valence electrons. The zero-order valence-electron chi connectivity index (χ0n) is 4.24. The molecule has 0 heterocycles. The Morgan fingerprint density at radius 3 is 0.667 bits per heavy atom. The molecule has 0 aromatic rings. The summed E-state index contributed by atoms with van der Waals surface area (Å²) in [5.41, 5.74) is 0. The summed E-state index contributed by atoms with van der Waals surface area (Å²) in [7, 11) is -9.33. The molecular formula is CH9NaO8S2. The van der Waals surface area contributed by atoms with Crippen molar-refractivity contribution in [2.75, 3.05) is 0 Å². The standard InChI is InChI=1S/CH4.Na.2H2O4S.H/c;;2*1-5(2,3)4;/h1H4;;2*(H2,1,2,3,4);. The Bertz CT molecular complexity index is 213. The van der Waals surface area contributed by atoms with Gasteiger partial charge in [-0.1, -0.05) is 7.43 Å². The molecule has 0 spiro atoms. The van der Waals surface area contributed by atoms with Crippen LogP contribution in [-0.2, 0) is 20.8 Å². The van der Waals surface area contributed by atoms with Crippen LogP contribution in [0.15, 0.2) is 0 Å². The topological polar surface area (TPSA) is 149 Å². The molecule has 0 bridgehead atoms. The van der Waals surface area contributed by atoms with Crippen LogP contribution >= 0.6 is 0 Å². The van der Waals surface area contributed by atoms with Crippen LogP contribution in [-0.4, -0.2) is 64.6 Å². The second-order valence-electron chi connectivity index (χ2n) is 0.896. The maximum absolute atomic E-state index is 8.74. The Kier molecular flexibility index (Phi) is 16.0. The fraction of sp³-hybridized carbons (Fsp3) is 1.00. The van der Waals surface area contributed by atoms with Gasteiger partial charge in [-0.3, -0.25) is 18.2 Å². The van der Waals surface area contributed by atoms with E-state index in [2.05, 4.69) is 0 Å². The van der Waals surface area contributed by atoms with E-state index in [1.807, 2.05) is 0 Å². The van der Waals surface area contributed by atoms with Gasteiger partial charge in [0, 0.05) is 0 Å². The zero-order chi connectivity index (χ0) is 9.00. The molecule has 0 atom stereocenters. The molecule has 0 aromatic carbocycles. The van der Waals surface area contributed by atoms with Crippen LogP contribution in [0, 0.1) is 0 Å². The molecule has 0 unspecified atom stereocenters. The van der Waals surface area contributed by atoms with E-state index in [-0.39, 0.29) is 37.0 Å². The van der Waals surface area contributed by atoms with Gasteiger partial charge in [-0.05, 0) is 0 Å². The average molecular weight is 236 g/mol. The first-order valence-electron chi connectivity index (χ1n) is 1.40. The minimum atomic E-state index is -4.67. The van der Waals surface area contributed by atoms with Crippen molar-refractivity contribution in [3.8, 4) is 0 Å². The Labute approximate surface area is 92.4 Å². The van der Waals surface area contributed by atoms with Crippen molar-refractivity contribution in [1.82, 2.24) is 0 Å². The van der Waals surface area contributed by atoms with Gasteiger partial charge in [0.15, 0.2) is 0 Å². The Balaban J connectivity index is -0.0000000457. The molecule has 0 aliphatic heterocycles. The van der Waals surface area contributed by atoms with Crippen molar-refractivity contribution in [2.45, 2.75) is 7.43 Å². The summed E-state index contributed by atoms with van der Waals surface area (Å²) in [6.45, 7) is 0. The van der Waals surface area contributed by atoms with Crippen molar-refractivity contribution in [3.05, 3.63) is 0 Å². The summed E-state index contributed by atoms with van der Waals surface area (Å²) in [6.07, 6.45) is 0. The first-order chi connectivity index (χ1) is 4.00. The van der Waals surface area contributed by atoms with Crippen molar-refractivity contribution in [1.29, 1.82) is 0 Å². The SMILES string of the molecule is C.O=S(=O)(O)O.O=S(=O)(O)O.[NaH]. The first kappa shape index (κ1) is 23.0. The zero-order valence-corrected chi connectivity index (χ0v) is 5.87. The van der Waals surface area contributed by atoms with Crippen LogP contribution in [0.5, 0.6) is 0 Å². The monoisotopic (exact) mass is 236 g/mol. The summed E-state index contributed by atoms with van der Waals surface area (Å²) in [5, 5.41) is 0. The van der Waals surface area contributed by atoms with Crippen LogP contribution < -0.4 is 0 Å². The molecule has 0 radical (unpaired) electrons. The van der Waals surface area contributed by atoms with Gasteiger partial charge in [-0.25, -0.2) is 0 Å². The van der Waals surface area contributed by atoms with Crippen LogP contribution in [0.1, 0.15) is 7.43 Å². The van der Waals surface area contributed by atoms with Gasteiger partial charge in [0.1, 0.15) is 0 Å². The van der Waals surface area contributed by atoms with Crippen molar-refractivity contribution >= 4 is 50.4 Å². The van der Waals surface area contributed by atoms with E-state index in [0.29, 0.717) is 0 Å². The fourth-order valence-electron chi connectivity index (χ4n) is 0. The van der Waals surface area contributed by atoms with Gasteiger partial charge in [0.25, 0.3) is 0 Å². The van der Waals surface area contributed by atoms with E-state index in [0.717, 1.165) is 0 Å². The normalized spacial score (nSPS) is 9.67. The van der Waals surface area contributed by atoms with Crippen LogP contribution in [0.3, 0.4) is 0 Å². The molecule has 12 heavy (non-hydrogen) atoms. The van der Waals surface area contributed by atoms with E-state index in [9.17, 15) is 0 Å². The van der Waals surface area contributed by atoms with E-state index in [1.165, 1.54) is 0 Å². The fourth-order valence-corrected chi connectivity index (χ4v) is 0. The van der Waals surface area contributed by atoms with E-state index in [1.54, 1.807) is 0 Å². The maximum atomic E-state index is 8.74. The predicted molar refractivity (Wildman–Crippen MR) is 42.2 cm³/mol. The second kappa shape index (κ2) is 8.34. The third kappa shape index (κ3) is 1860. The molecule has 0 saturated carbocycles. The van der Waals surface area contributed by atoms with Gasteiger partial charge in [-0.15, -0.1) is 0 Å². The Hall–Kier alpha value is 0.740.